The summed E-state index contributed by atoms with van der Waals surface area (Å²) in [7, 11) is 0. The summed E-state index contributed by atoms with van der Waals surface area (Å²) in [5.74, 6) is -2.52. The van der Waals surface area contributed by atoms with E-state index in [9.17, 15) is 19.8 Å². The van der Waals surface area contributed by atoms with Gasteiger partial charge in [-0.15, -0.1) is 0 Å². The highest BCUT2D eigenvalue weighted by Crippen LogP contribution is 2.27. The fourth-order valence-corrected chi connectivity index (χ4v) is 3.33. The molecular weight excluding hydrogens is 384 g/mol. The Balaban J connectivity index is 2.24. The van der Waals surface area contributed by atoms with E-state index >= 15 is 0 Å². The highest BCUT2D eigenvalue weighted by molar-refractivity contribution is 5.91. The molecule has 0 amide bonds. The SMILES string of the molecule is CCC(O)C(CC)C(O)C(C)C(OC(=O)c1ccccc1)OC(=O)c1ccccc1. The summed E-state index contributed by atoms with van der Waals surface area (Å²) in [5.41, 5.74) is 0.612. The monoisotopic (exact) mass is 414 g/mol. The number of carbonyl (C=O) groups is 2. The standard InChI is InChI=1S/C24H30O6/c1-4-19(20(25)5-2)21(26)16(3)24(29-22(27)17-12-8-6-9-13-17)30-23(28)18-14-10-7-11-15-18/h6-16,19-21,24-26H,4-5H2,1-3H3. The summed E-state index contributed by atoms with van der Waals surface area (Å²) in [6.45, 7) is 5.32. The first-order valence-corrected chi connectivity index (χ1v) is 10.3. The molecule has 2 aromatic rings. The molecule has 0 aromatic heterocycles. The quantitative estimate of drug-likeness (QED) is 0.453. The van der Waals surface area contributed by atoms with E-state index in [0.717, 1.165) is 0 Å². The van der Waals surface area contributed by atoms with E-state index < -0.39 is 42.3 Å². The Bertz CT molecular complexity index is 738. The van der Waals surface area contributed by atoms with Crippen molar-refractivity contribution in [2.24, 2.45) is 11.8 Å². The molecule has 0 aliphatic rings. The van der Waals surface area contributed by atoms with Gasteiger partial charge in [0.2, 0.25) is 0 Å². The maximum absolute atomic E-state index is 12.6. The minimum atomic E-state index is -1.32. The van der Waals surface area contributed by atoms with Crippen molar-refractivity contribution in [3.8, 4) is 0 Å². The van der Waals surface area contributed by atoms with Crippen LogP contribution in [0.1, 0.15) is 54.3 Å². The molecule has 0 saturated carbocycles. The van der Waals surface area contributed by atoms with Gasteiger partial charge in [0, 0.05) is 5.92 Å². The number of carbonyl (C=O) groups excluding carboxylic acids is 2. The van der Waals surface area contributed by atoms with Gasteiger partial charge in [-0.25, -0.2) is 9.59 Å². The number of aliphatic hydroxyl groups excluding tert-OH is 2. The third kappa shape index (κ3) is 6.15. The Morgan fingerprint density at radius 1 is 0.800 bits per heavy atom. The van der Waals surface area contributed by atoms with Crippen LogP contribution in [0.4, 0.5) is 0 Å². The van der Waals surface area contributed by atoms with Crippen LogP contribution in [0.3, 0.4) is 0 Å². The largest absolute Gasteiger partial charge is 0.421 e. The van der Waals surface area contributed by atoms with Crippen LogP contribution in [0.5, 0.6) is 0 Å². The van der Waals surface area contributed by atoms with Crippen LogP contribution in [0.15, 0.2) is 60.7 Å². The number of aliphatic hydroxyl groups is 2. The zero-order valence-electron chi connectivity index (χ0n) is 17.6. The van der Waals surface area contributed by atoms with Crippen LogP contribution in [0.25, 0.3) is 0 Å². The Morgan fingerprint density at radius 2 is 1.23 bits per heavy atom. The van der Waals surface area contributed by atoms with Gasteiger partial charge < -0.3 is 19.7 Å². The lowest BCUT2D eigenvalue weighted by Gasteiger charge is -2.33. The van der Waals surface area contributed by atoms with Gasteiger partial charge in [-0.05, 0) is 37.1 Å². The van der Waals surface area contributed by atoms with E-state index in [1.165, 1.54) is 0 Å². The van der Waals surface area contributed by atoms with Gasteiger partial charge >= 0.3 is 11.9 Å². The fourth-order valence-electron chi connectivity index (χ4n) is 3.33. The van der Waals surface area contributed by atoms with Gasteiger partial charge in [0.05, 0.1) is 29.3 Å². The molecule has 2 rings (SSSR count). The third-order valence-electron chi connectivity index (χ3n) is 5.26. The highest BCUT2D eigenvalue weighted by Gasteiger charge is 2.37. The predicted molar refractivity (Wildman–Crippen MR) is 113 cm³/mol. The molecule has 0 aliphatic heterocycles. The number of hydrogen-bond donors (Lipinski definition) is 2. The molecule has 0 spiro atoms. The van der Waals surface area contributed by atoms with Crippen molar-refractivity contribution in [3.63, 3.8) is 0 Å². The molecule has 0 fully saturated rings. The number of esters is 2. The number of rotatable bonds is 10. The topological polar surface area (TPSA) is 93.1 Å². The molecule has 2 N–H and O–H groups in total. The normalized spacial score (nSPS) is 15.1. The maximum atomic E-state index is 12.6. The fraction of sp³-hybridized carbons (Fsp3) is 0.417. The van der Waals surface area contributed by atoms with Gasteiger partial charge in [-0.3, -0.25) is 0 Å². The number of ether oxygens (including phenoxy) is 2. The lowest BCUT2D eigenvalue weighted by molar-refractivity contribution is -0.143. The second kappa shape index (κ2) is 11.5. The Kier molecular flexibility index (Phi) is 9.02. The predicted octanol–water partition coefficient (Wildman–Crippen LogP) is 3.82. The van der Waals surface area contributed by atoms with Crippen LogP contribution in [-0.2, 0) is 9.47 Å². The molecule has 6 heteroatoms. The van der Waals surface area contributed by atoms with Crippen molar-refractivity contribution in [1.82, 2.24) is 0 Å². The Morgan fingerprint density at radius 3 is 1.60 bits per heavy atom. The molecule has 0 radical (unpaired) electrons. The van der Waals surface area contributed by atoms with Crippen LogP contribution in [0.2, 0.25) is 0 Å². The Hall–Kier alpha value is -2.70. The summed E-state index contributed by atoms with van der Waals surface area (Å²) in [5, 5.41) is 21.1. The van der Waals surface area contributed by atoms with Crippen molar-refractivity contribution < 1.29 is 29.3 Å². The lowest BCUT2D eigenvalue weighted by atomic mass is 9.84. The van der Waals surface area contributed by atoms with E-state index in [2.05, 4.69) is 0 Å². The minimum absolute atomic E-state index is 0.306. The second-order valence-electron chi connectivity index (χ2n) is 7.31. The molecule has 4 unspecified atom stereocenters. The zero-order valence-corrected chi connectivity index (χ0v) is 17.6. The number of hydrogen-bond acceptors (Lipinski definition) is 6. The summed E-state index contributed by atoms with van der Waals surface area (Å²) in [6.07, 6.45) is -2.09. The van der Waals surface area contributed by atoms with Crippen molar-refractivity contribution in [2.75, 3.05) is 0 Å². The Labute approximate surface area is 177 Å². The minimum Gasteiger partial charge on any atom is -0.421 e. The molecule has 6 nitrogen and oxygen atoms in total. The average molecular weight is 414 g/mol. The van der Waals surface area contributed by atoms with Crippen molar-refractivity contribution in [1.29, 1.82) is 0 Å². The van der Waals surface area contributed by atoms with Crippen LogP contribution < -0.4 is 0 Å². The molecular formula is C24H30O6. The molecule has 0 saturated heterocycles. The highest BCUT2D eigenvalue weighted by atomic mass is 16.7. The van der Waals surface area contributed by atoms with Crippen LogP contribution >= 0.6 is 0 Å². The lowest BCUT2D eigenvalue weighted by Crippen LogP contribution is -2.43. The van der Waals surface area contributed by atoms with Crippen LogP contribution in [0, 0.1) is 11.8 Å². The van der Waals surface area contributed by atoms with E-state index in [4.69, 9.17) is 9.47 Å². The van der Waals surface area contributed by atoms with Gasteiger partial charge in [0.15, 0.2) is 0 Å². The molecule has 4 atom stereocenters. The first-order valence-electron chi connectivity index (χ1n) is 10.3. The van der Waals surface area contributed by atoms with E-state index in [-0.39, 0.29) is 0 Å². The number of benzene rings is 2. The van der Waals surface area contributed by atoms with E-state index in [0.29, 0.717) is 24.0 Å². The molecule has 30 heavy (non-hydrogen) atoms. The zero-order chi connectivity index (χ0) is 22.1. The second-order valence-corrected chi connectivity index (χ2v) is 7.31. The summed E-state index contributed by atoms with van der Waals surface area (Å²) in [4.78, 5) is 25.2. The first-order chi connectivity index (χ1) is 14.4. The van der Waals surface area contributed by atoms with Gasteiger partial charge in [0.1, 0.15) is 0 Å². The molecule has 0 bridgehead atoms. The molecule has 0 aliphatic carbocycles. The molecule has 0 heterocycles. The summed E-state index contributed by atoms with van der Waals surface area (Å²) >= 11 is 0. The summed E-state index contributed by atoms with van der Waals surface area (Å²) in [6, 6.07) is 16.7. The van der Waals surface area contributed by atoms with Crippen LogP contribution in [-0.4, -0.2) is 40.6 Å². The average Bonchev–Trinajstić information content (AvgIpc) is 2.79. The van der Waals surface area contributed by atoms with Crippen molar-refractivity contribution >= 4 is 11.9 Å². The van der Waals surface area contributed by atoms with Crippen molar-refractivity contribution in [2.45, 2.75) is 52.1 Å². The van der Waals surface area contributed by atoms with E-state index in [1.807, 2.05) is 13.8 Å². The van der Waals surface area contributed by atoms with Gasteiger partial charge in [0.25, 0.3) is 6.29 Å². The van der Waals surface area contributed by atoms with Gasteiger partial charge in [-0.2, -0.15) is 0 Å². The third-order valence-corrected chi connectivity index (χ3v) is 5.26. The maximum Gasteiger partial charge on any atom is 0.341 e. The molecule has 2 aromatic carbocycles. The first kappa shape index (κ1) is 23.6. The van der Waals surface area contributed by atoms with E-state index in [1.54, 1.807) is 67.6 Å². The van der Waals surface area contributed by atoms with Crippen molar-refractivity contribution in [3.05, 3.63) is 71.8 Å². The molecule has 162 valence electrons. The summed E-state index contributed by atoms with van der Waals surface area (Å²) < 4.78 is 11.0. The van der Waals surface area contributed by atoms with Gasteiger partial charge in [-0.1, -0.05) is 57.2 Å². The smallest absolute Gasteiger partial charge is 0.341 e.